The van der Waals surface area contributed by atoms with Crippen LogP contribution in [-0.4, -0.2) is 41.2 Å². The Morgan fingerprint density at radius 2 is 1.84 bits per heavy atom. The monoisotopic (exact) mass is 433 g/mol. The molecule has 4 aromatic rings. The second kappa shape index (κ2) is 8.93. The van der Waals surface area contributed by atoms with Crippen molar-refractivity contribution in [3.63, 3.8) is 0 Å². The average Bonchev–Trinajstić information content (AvgIpc) is 2.79. The molecule has 0 saturated heterocycles. The number of nitrogens with zero attached hydrogens (tertiary/aromatic N) is 4. The molecule has 0 fully saturated rings. The number of ether oxygens (including phenoxy) is 3. The minimum atomic E-state index is -0.336. The van der Waals surface area contributed by atoms with Gasteiger partial charge in [0, 0.05) is 37.6 Å². The van der Waals surface area contributed by atoms with E-state index in [-0.39, 0.29) is 11.6 Å². The highest BCUT2D eigenvalue weighted by molar-refractivity contribution is 5.86. The molecule has 9 heteroatoms. The fourth-order valence-corrected chi connectivity index (χ4v) is 3.53. The molecule has 0 spiro atoms. The van der Waals surface area contributed by atoms with Crippen molar-refractivity contribution in [2.75, 3.05) is 26.2 Å². The van der Waals surface area contributed by atoms with Gasteiger partial charge in [0.15, 0.2) is 11.5 Å². The van der Waals surface area contributed by atoms with Crippen LogP contribution in [0.3, 0.4) is 0 Å². The Labute approximate surface area is 184 Å². The molecule has 0 bridgehead atoms. The zero-order valence-electron chi connectivity index (χ0n) is 18.2. The molecule has 2 heterocycles. The number of aromatic amines is 1. The third-order valence-electron chi connectivity index (χ3n) is 5.01. The molecular weight excluding hydrogens is 410 g/mol. The lowest BCUT2D eigenvalue weighted by molar-refractivity contribution is 0.354. The Kier molecular flexibility index (Phi) is 5.89. The largest absolute Gasteiger partial charge is 0.493 e. The quantitative estimate of drug-likeness (QED) is 0.473. The number of anilines is 1. The van der Waals surface area contributed by atoms with E-state index >= 15 is 0 Å². The van der Waals surface area contributed by atoms with Crippen molar-refractivity contribution in [2.24, 2.45) is 0 Å². The average molecular weight is 433 g/mol. The van der Waals surface area contributed by atoms with Crippen molar-refractivity contribution >= 4 is 16.9 Å². The van der Waals surface area contributed by atoms with Gasteiger partial charge in [-0.15, -0.1) is 0 Å². The normalized spacial score (nSPS) is 10.8. The molecule has 1 N–H and O–H groups in total. The van der Waals surface area contributed by atoms with Crippen molar-refractivity contribution in [3.8, 4) is 23.3 Å². The minimum Gasteiger partial charge on any atom is -0.493 e. The molecule has 9 nitrogen and oxygen atoms in total. The van der Waals surface area contributed by atoms with Crippen LogP contribution in [0.1, 0.15) is 11.1 Å². The van der Waals surface area contributed by atoms with Gasteiger partial charge in [-0.2, -0.15) is 4.98 Å². The number of hydrogen-bond acceptors (Lipinski definition) is 8. The van der Waals surface area contributed by atoms with E-state index in [2.05, 4.69) is 19.9 Å². The molecule has 2 aromatic carbocycles. The first-order valence-corrected chi connectivity index (χ1v) is 9.90. The summed E-state index contributed by atoms with van der Waals surface area (Å²) in [5.41, 5.74) is 1.93. The lowest BCUT2D eigenvalue weighted by Gasteiger charge is -2.19. The van der Waals surface area contributed by atoms with Crippen LogP contribution in [0.5, 0.6) is 23.3 Å². The first kappa shape index (κ1) is 21.1. The minimum absolute atomic E-state index is 0.276. The molecule has 0 unspecified atom stereocenters. The van der Waals surface area contributed by atoms with Gasteiger partial charge in [-0.05, 0) is 30.7 Å². The molecule has 32 heavy (non-hydrogen) atoms. The van der Waals surface area contributed by atoms with Gasteiger partial charge >= 0.3 is 6.01 Å². The van der Waals surface area contributed by atoms with E-state index in [1.54, 1.807) is 38.7 Å². The van der Waals surface area contributed by atoms with Gasteiger partial charge in [0.2, 0.25) is 5.95 Å². The second-order valence-corrected chi connectivity index (χ2v) is 7.16. The number of aromatic nitrogens is 4. The number of H-pyrrole nitrogens is 1. The summed E-state index contributed by atoms with van der Waals surface area (Å²) in [6.07, 6.45) is 3.24. The van der Waals surface area contributed by atoms with Crippen LogP contribution in [0.2, 0.25) is 0 Å². The molecule has 0 amide bonds. The summed E-state index contributed by atoms with van der Waals surface area (Å²) in [6.45, 7) is 2.31. The number of hydrogen-bond donors (Lipinski definition) is 1. The first-order valence-electron chi connectivity index (χ1n) is 9.90. The van der Waals surface area contributed by atoms with Crippen LogP contribution >= 0.6 is 0 Å². The van der Waals surface area contributed by atoms with Gasteiger partial charge in [-0.1, -0.05) is 12.1 Å². The molecule has 4 rings (SSSR count). The fraction of sp³-hybridized carbons (Fsp3) is 0.217. The highest BCUT2D eigenvalue weighted by Crippen LogP contribution is 2.35. The highest BCUT2D eigenvalue weighted by Gasteiger charge is 2.17. The van der Waals surface area contributed by atoms with Crippen molar-refractivity contribution < 1.29 is 14.2 Å². The lowest BCUT2D eigenvalue weighted by atomic mass is 10.1. The second-order valence-electron chi connectivity index (χ2n) is 7.16. The summed E-state index contributed by atoms with van der Waals surface area (Å²) < 4.78 is 16.5. The van der Waals surface area contributed by atoms with Crippen LogP contribution in [-0.2, 0) is 6.54 Å². The number of methoxy groups -OCH3 is 2. The fourth-order valence-electron chi connectivity index (χ4n) is 3.53. The van der Waals surface area contributed by atoms with E-state index in [0.717, 1.165) is 5.56 Å². The maximum atomic E-state index is 12.8. The zero-order chi connectivity index (χ0) is 22.7. The third kappa shape index (κ3) is 4.18. The predicted octanol–water partition coefficient (Wildman–Crippen LogP) is 3.47. The Bertz CT molecular complexity index is 1310. The van der Waals surface area contributed by atoms with E-state index in [9.17, 15) is 4.79 Å². The number of nitrogens with one attached hydrogen (secondary N) is 1. The molecule has 0 aliphatic rings. The summed E-state index contributed by atoms with van der Waals surface area (Å²) in [5, 5.41) is 0.470. The summed E-state index contributed by atoms with van der Waals surface area (Å²) in [5.74, 6) is 2.12. The van der Waals surface area contributed by atoms with Crippen LogP contribution < -0.4 is 24.7 Å². The van der Waals surface area contributed by atoms with Gasteiger partial charge in [0.25, 0.3) is 5.56 Å². The van der Waals surface area contributed by atoms with Crippen molar-refractivity contribution in [3.05, 3.63) is 70.3 Å². The lowest BCUT2D eigenvalue weighted by Crippen LogP contribution is -2.23. The van der Waals surface area contributed by atoms with Gasteiger partial charge in [-0.3, -0.25) is 4.79 Å². The molecular formula is C23H23N5O4. The van der Waals surface area contributed by atoms with Gasteiger partial charge in [0.1, 0.15) is 5.75 Å². The highest BCUT2D eigenvalue weighted by atomic mass is 16.5. The third-order valence-corrected chi connectivity index (χ3v) is 5.01. The molecule has 2 aromatic heterocycles. The maximum Gasteiger partial charge on any atom is 0.321 e. The first-order chi connectivity index (χ1) is 15.5. The van der Waals surface area contributed by atoms with E-state index in [1.165, 1.54) is 0 Å². The number of fused-ring (bicyclic) bond motifs is 1. The smallest absolute Gasteiger partial charge is 0.321 e. The Balaban J connectivity index is 1.62. The topological polar surface area (TPSA) is 102 Å². The summed E-state index contributed by atoms with van der Waals surface area (Å²) in [4.78, 5) is 30.3. The molecule has 0 aliphatic carbocycles. The van der Waals surface area contributed by atoms with Crippen LogP contribution in [0.4, 0.5) is 5.95 Å². The van der Waals surface area contributed by atoms with Crippen molar-refractivity contribution in [1.82, 2.24) is 19.9 Å². The predicted molar refractivity (Wildman–Crippen MR) is 121 cm³/mol. The van der Waals surface area contributed by atoms with Crippen LogP contribution in [0.15, 0.2) is 53.6 Å². The van der Waals surface area contributed by atoms with E-state index in [0.29, 0.717) is 46.2 Å². The molecule has 0 saturated carbocycles. The van der Waals surface area contributed by atoms with Crippen molar-refractivity contribution in [1.29, 1.82) is 0 Å². The molecule has 0 radical (unpaired) electrons. The Hall–Kier alpha value is -4.14. The standard InChI is InChI=1S/C23H23N5O4/c1-14-19-17(12-18(30-3)20(14)31-4)26-22(27-21(19)29)28(2)13-15-7-5-8-16(11-15)32-23-24-9-6-10-25-23/h5-12H,13H2,1-4H3,(H,26,27,29). The van der Waals surface area contributed by atoms with Crippen molar-refractivity contribution in [2.45, 2.75) is 13.5 Å². The number of benzene rings is 2. The van der Waals surface area contributed by atoms with E-state index < -0.39 is 0 Å². The van der Waals surface area contributed by atoms with Crippen LogP contribution in [0, 0.1) is 6.92 Å². The maximum absolute atomic E-state index is 12.8. The molecule has 164 valence electrons. The summed E-state index contributed by atoms with van der Waals surface area (Å²) >= 11 is 0. The van der Waals surface area contributed by atoms with E-state index in [4.69, 9.17) is 14.2 Å². The van der Waals surface area contributed by atoms with Gasteiger partial charge < -0.3 is 24.1 Å². The number of aryl methyl sites for hydroxylation is 1. The zero-order valence-corrected chi connectivity index (χ0v) is 18.2. The van der Waals surface area contributed by atoms with Gasteiger partial charge in [-0.25, -0.2) is 9.97 Å². The summed E-state index contributed by atoms with van der Waals surface area (Å²) in [7, 11) is 4.96. The molecule has 0 aliphatic heterocycles. The number of rotatable bonds is 7. The Morgan fingerprint density at radius 1 is 1.06 bits per heavy atom. The van der Waals surface area contributed by atoms with E-state index in [1.807, 2.05) is 43.1 Å². The Morgan fingerprint density at radius 3 is 2.56 bits per heavy atom. The summed E-state index contributed by atoms with van der Waals surface area (Å²) in [6, 6.07) is 11.3. The molecule has 0 atom stereocenters. The van der Waals surface area contributed by atoms with Gasteiger partial charge in [0.05, 0.1) is 25.1 Å². The SMILES string of the molecule is COc1cc2[nH]c(N(C)Cc3cccc(Oc4ncccn4)c3)nc(=O)c2c(C)c1OC. The van der Waals surface area contributed by atoms with Crippen LogP contribution in [0.25, 0.3) is 10.9 Å².